The molecule has 1 atom stereocenters. The van der Waals surface area contributed by atoms with E-state index in [2.05, 4.69) is 24.5 Å². The normalized spacial score (nSPS) is 12.0. The van der Waals surface area contributed by atoms with Crippen LogP contribution in [0.15, 0.2) is 48.5 Å². The summed E-state index contributed by atoms with van der Waals surface area (Å²) in [6, 6.07) is 15.2. The molecule has 0 saturated carbocycles. The van der Waals surface area contributed by atoms with Crippen molar-refractivity contribution < 1.29 is 4.79 Å². The van der Waals surface area contributed by atoms with Gasteiger partial charge in [0, 0.05) is 22.3 Å². The summed E-state index contributed by atoms with van der Waals surface area (Å²) in [6.45, 7) is 5.22. The number of anilines is 1. The van der Waals surface area contributed by atoms with Crippen LogP contribution in [0.5, 0.6) is 0 Å². The molecule has 22 heavy (non-hydrogen) atoms. The Morgan fingerprint density at radius 2 is 1.73 bits per heavy atom. The Balaban J connectivity index is 1.97. The molecule has 1 amide bonds. The molecule has 0 aliphatic rings. The third kappa shape index (κ3) is 4.86. The fraction of sp³-hybridized carbons (Fsp3) is 0.278. The first-order chi connectivity index (χ1) is 10.6. The molecule has 2 aromatic rings. The Labute approximate surface area is 136 Å². The SMILES string of the molecule is CCNC(C)Cc1ccc(C(=O)Nc2ccc(Cl)cc2)cc1. The Kier molecular flexibility index (Phi) is 5.99. The fourth-order valence-corrected chi connectivity index (χ4v) is 2.43. The van der Waals surface area contributed by atoms with Gasteiger partial charge in [-0.05, 0) is 61.9 Å². The molecular weight excluding hydrogens is 296 g/mol. The van der Waals surface area contributed by atoms with Crippen molar-refractivity contribution in [2.24, 2.45) is 0 Å². The number of nitrogens with one attached hydrogen (secondary N) is 2. The quantitative estimate of drug-likeness (QED) is 0.841. The van der Waals surface area contributed by atoms with Crippen molar-refractivity contribution in [1.82, 2.24) is 5.32 Å². The minimum atomic E-state index is -0.117. The molecule has 0 aliphatic heterocycles. The molecule has 0 fully saturated rings. The molecule has 116 valence electrons. The minimum Gasteiger partial charge on any atom is -0.322 e. The van der Waals surface area contributed by atoms with Gasteiger partial charge >= 0.3 is 0 Å². The van der Waals surface area contributed by atoms with Gasteiger partial charge in [0.2, 0.25) is 0 Å². The Bertz CT molecular complexity index is 608. The summed E-state index contributed by atoms with van der Waals surface area (Å²) in [6.07, 6.45) is 0.951. The average molecular weight is 317 g/mol. The summed E-state index contributed by atoms with van der Waals surface area (Å²) < 4.78 is 0. The molecule has 2 N–H and O–H groups in total. The van der Waals surface area contributed by atoms with E-state index in [1.54, 1.807) is 24.3 Å². The highest BCUT2D eigenvalue weighted by Crippen LogP contribution is 2.15. The maximum Gasteiger partial charge on any atom is 0.255 e. The maximum absolute atomic E-state index is 12.2. The van der Waals surface area contributed by atoms with Crippen molar-refractivity contribution >= 4 is 23.2 Å². The smallest absolute Gasteiger partial charge is 0.255 e. The van der Waals surface area contributed by atoms with Crippen molar-refractivity contribution in [3.8, 4) is 0 Å². The van der Waals surface area contributed by atoms with Gasteiger partial charge < -0.3 is 10.6 Å². The van der Waals surface area contributed by atoms with Crippen LogP contribution >= 0.6 is 11.6 Å². The van der Waals surface area contributed by atoms with Gasteiger partial charge in [0.05, 0.1) is 0 Å². The van der Waals surface area contributed by atoms with Crippen LogP contribution in [0.2, 0.25) is 5.02 Å². The predicted molar refractivity (Wildman–Crippen MR) is 92.7 cm³/mol. The molecular formula is C18H21ClN2O. The Hall–Kier alpha value is -1.84. The van der Waals surface area contributed by atoms with Crippen LogP contribution in [-0.4, -0.2) is 18.5 Å². The van der Waals surface area contributed by atoms with E-state index in [1.807, 2.05) is 24.3 Å². The lowest BCUT2D eigenvalue weighted by Crippen LogP contribution is -2.27. The van der Waals surface area contributed by atoms with Crippen LogP contribution in [0.25, 0.3) is 0 Å². The minimum absolute atomic E-state index is 0.117. The number of carbonyl (C=O) groups excluding carboxylic acids is 1. The number of rotatable bonds is 6. The zero-order valence-corrected chi connectivity index (χ0v) is 13.7. The molecule has 0 heterocycles. The largest absolute Gasteiger partial charge is 0.322 e. The van der Waals surface area contributed by atoms with E-state index >= 15 is 0 Å². The number of likely N-dealkylation sites (N-methyl/N-ethyl adjacent to an activating group) is 1. The monoisotopic (exact) mass is 316 g/mol. The number of amides is 1. The standard InChI is InChI=1S/C18H21ClN2O/c1-3-20-13(2)12-14-4-6-15(7-5-14)18(22)21-17-10-8-16(19)9-11-17/h4-11,13,20H,3,12H2,1-2H3,(H,21,22). The van der Waals surface area contributed by atoms with Crippen molar-refractivity contribution in [2.45, 2.75) is 26.3 Å². The summed E-state index contributed by atoms with van der Waals surface area (Å²) >= 11 is 5.83. The number of carbonyl (C=O) groups is 1. The second-order valence-corrected chi connectivity index (χ2v) is 5.76. The summed E-state index contributed by atoms with van der Waals surface area (Å²) in [5.74, 6) is -0.117. The van der Waals surface area contributed by atoms with Gasteiger partial charge in [0.1, 0.15) is 0 Å². The van der Waals surface area contributed by atoms with Gasteiger partial charge in [0.25, 0.3) is 5.91 Å². The van der Waals surface area contributed by atoms with Crippen molar-refractivity contribution in [1.29, 1.82) is 0 Å². The highest BCUT2D eigenvalue weighted by molar-refractivity contribution is 6.30. The van der Waals surface area contributed by atoms with Crippen LogP contribution < -0.4 is 10.6 Å². The van der Waals surface area contributed by atoms with Crippen LogP contribution in [0.3, 0.4) is 0 Å². The lowest BCUT2D eigenvalue weighted by molar-refractivity contribution is 0.102. The third-order valence-electron chi connectivity index (χ3n) is 3.41. The van der Waals surface area contributed by atoms with Gasteiger partial charge in [-0.15, -0.1) is 0 Å². The Morgan fingerprint density at radius 3 is 2.32 bits per heavy atom. The molecule has 0 spiro atoms. The Morgan fingerprint density at radius 1 is 1.09 bits per heavy atom. The molecule has 0 saturated heterocycles. The van der Waals surface area contributed by atoms with Crippen LogP contribution in [0.1, 0.15) is 29.8 Å². The van der Waals surface area contributed by atoms with Crippen LogP contribution in [0.4, 0.5) is 5.69 Å². The topological polar surface area (TPSA) is 41.1 Å². The van der Waals surface area contributed by atoms with Gasteiger partial charge in [-0.3, -0.25) is 4.79 Å². The highest BCUT2D eigenvalue weighted by Gasteiger charge is 2.07. The lowest BCUT2D eigenvalue weighted by Gasteiger charge is -2.12. The number of benzene rings is 2. The van der Waals surface area contributed by atoms with Crippen LogP contribution in [0, 0.1) is 0 Å². The molecule has 3 nitrogen and oxygen atoms in total. The summed E-state index contributed by atoms with van der Waals surface area (Å²) in [5, 5.41) is 6.88. The number of hydrogen-bond donors (Lipinski definition) is 2. The first-order valence-corrected chi connectivity index (χ1v) is 7.85. The van der Waals surface area contributed by atoms with Crippen molar-refractivity contribution in [2.75, 3.05) is 11.9 Å². The fourth-order valence-electron chi connectivity index (χ4n) is 2.30. The van der Waals surface area contributed by atoms with Crippen LogP contribution in [-0.2, 0) is 6.42 Å². The highest BCUT2D eigenvalue weighted by atomic mass is 35.5. The van der Waals surface area contributed by atoms with E-state index in [1.165, 1.54) is 5.56 Å². The molecule has 0 aromatic heterocycles. The average Bonchev–Trinajstić information content (AvgIpc) is 2.50. The van der Waals surface area contributed by atoms with E-state index in [0.29, 0.717) is 16.6 Å². The third-order valence-corrected chi connectivity index (χ3v) is 3.66. The van der Waals surface area contributed by atoms with Crippen molar-refractivity contribution in [3.05, 3.63) is 64.7 Å². The van der Waals surface area contributed by atoms with Gasteiger partial charge in [-0.1, -0.05) is 30.7 Å². The molecule has 0 radical (unpaired) electrons. The van der Waals surface area contributed by atoms with E-state index in [0.717, 1.165) is 18.7 Å². The maximum atomic E-state index is 12.2. The van der Waals surface area contributed by atoms with Gasteiger partial charge in [0.15, 0.2) is 0 Å². The molecule has 0 bridgehead atoms. The molecule has 2 rings (SSSR count). The number of hydrogen-bond acceptors (Lipinski definition) is 2. The van der Waals surface area contributed by atoms with Gasteiger partial charge in [-0.25, -0.2) is 0 Å². The number of halogens is 1. The second kappa shape index (κ2) is 7.97. The first-order valence-electron chi connectivity index (χ1n) is 7.47. The van der Waals surface area contributed by atoms with E-state index in [9.17, 15) is 4.79 Å². The molecule has 0 aliphatic carbocycles. The summed E-state index contributed by atoms with van der Waals surface area (Å²) in [7, 11) is 0. The van der Waals surface area contributed by atoms with E-state index in [-0.39, 0.29) is 5.91 Å². The summed E-state index contributed by atoms with van der Waals surface area (Å²) in [4.78, 5) is 12.2. The molecule has 4 heteroatoms. The lowest BCUT2D eigenvalue weighted by atomic mass is 10.0. The first kappa shape index (κ1) is 16.5. The predicted octanol–water partition coefficient (Wildman–Crippen LogP) is 4.13. The zero-order chi connectivity index (χ0) is 15.9. The second-order valence-electron chi connectivity index (χ2n) is 5.32. The van der Waals surface area contributed by atoms with Gasteiger partial charge in [-0.2, -0.15) is 0 Å². The summed E-state index contributed by atoms with van der Waals surface area (Å²) in [5.41, 5.74) is 2.60. The molecule has 2 aromatic carbocycles. The zero-order valence-electron chi connectivity index (χ0n) is 12.9. The molecule has 1 unspecified atom stereocenters. The van der Waals surface area contributed by atoms with E-state index < -0.39 is 0 Å². The van der Waals surface area contributed by atoms with E-state index in [4.69, 9.17) is 11.6 Å². The van der Waals surface area contributed by atoms with Crippen molar-refractivity contribution in [3.63, 3.8) is 0 Å².